The average molecular weight is 319 g/mol. The molecule has 0 aliphatic rings. The van der Waals surface area contributed by atoms with Crippen LogP contribution in [-0.4, -0.2) is 28.2 Å². The maximum atomic E-state index is 12.1. The molecule has 0 radical (unpaired) electrons. The Labute approximate surface area is 130 Å². The summed E-state index contributed by atoms with van der Waals surface area (Å²) in [7, 11) is 0. The van der Waals surface area contributed by atoms with E-state index in [9.17, 15) is 13.9 Å². The third-order valence-electron chi connectivity index (χ3n) is 3.34. The van der Waals surface area contributed by atoms with Crippen LogP contribution in [0.1, 0.15) is 11.7 Å². The average Bonchev–Trinajstić information content (AvgIpc) is 2.95. The quantitative estimate of drug-likeness (QED) is 0.652. The number of anilines is 1. The number of hydrogen-bond donors (Lipinski definition) is 3. The van der Waals surface area contributed by atoms with E-state index in [1.54, 1.807) is 12.1 Å². The molecule has 2 aromatic carbocycles. The SMILES string of the molecule is OC(CNc1nc2ccccc2[nH]1)c1ccc(OC(F)F)cc1. The molecular weight excluding hydrogens is 304 g/mol. The van der Waals surface area contributed by atoms with Crippen LogP contribution < -0.4 is 10.1 Å². The van der Waals surface area contributed by atoms with E-state index in [4.69, 9.17) is 0 Å². The lowest BCUT2D eigenvalue weighted by Crippen LogP contribution is -2.13. The Kier molecular flexibility index (Phi) is 4.38. The van der Waals surface area contributed by atoms with Gasteiger partial charge in [0.1, 0.15) is 5.75 Å². The molecule has 3 N–H and O–H groups in total. The minimum atomic E-state index is -2.86. The molecule has 0 aliphatic heterocycles. The fourth-order valence-electron chi connectivity index (χ4n) is 2.22. The van der Waals surface area contributed by atoms with Crippen LogP contribution in [0.15, 0.2) is 48.5 Å². The summed E-state index contributed by atoms with van der Waals surface area (Å²) in [5.74, 6) is 0.615. The number of aromatic amines is 1. The van der Waals surface area contributed by atoms with Crippen LogP contribution in [-0.2, 0) is 0 Å². The van der Waals surface area contributed by atoms with Crippen LogP contribution >= 0.6 is 0 Å². The van der Waals surface area contributed by atoms with Crippen LogP contribution in [0.25, 0.3) is 11.0 Å². The zero-order valence-electron chi connectivity index (χ0n) is 12.0. The largest absolute Gasteiger partial charge is 0.435 e. The van der Waals surface area contributed by atoms with Crippen LogP contribution in [0.2, 0.25) is 0 Å². The molecule has 0 spiro atoms. The summed E-state index contributed by atoms with van der Waals surface area (Å²) >= 11 is 0. The number of alkyl halides is 2. The molecule has 23 heavy (non-hydrogen) atoms. The number of ether oxygens (including phenoxy) is 1. The highest BCUT2D eigenvalue weighted by Gasteiger charge is 2.10. The predicted octanol–water partition coefficient (Wildman–Crippen LogP) is 3.31. The van der Waals surface area contributed by atoms with E-state index in [2.05, 4.69) is 20.0 Å². The maximum Gasteiger partial charge on any atom is 0.387 e. The first-order valence-electron chi connectivity index (χ1n) is 7.03. The molecule has 3 aromatic rings. The molecule has 0 amide bonds. The first kappa shape index (κ1) is 15.2. The minimum Gasteiger partial charge on any atom is -0.435 e. The van der Waals surface area contributed by atoms with Crippen molar-refractivity contribution in [3.05, 3.63) is 54.1 Å². The summed E-state index contributed by atoms with van der Waals surface area (Å²) < 4.78 is 28.4. The van der Waals surface area contributed by atoms with Crippen molar-refractivity contribution in [2.45, 2.75) is 12.7 Å². The number of para-hydroxylation sites is 2. The van der Waals surface area contributed by atoms with E-state index in [1.807, 2.05) is 24.3 Å². The number of nitrogens with one attached hydrogen (secondary N) is 2. The number of benzene rings is 2. The van der Waals surface area contributed by atoms with Crippen molar-refractivity contribution in [2.75, 3.05) is 11.9 Å². The van der Waals surface area contributed by atoms with Gasteiger partial charge in [0.05, 0.1) is 17.1 Å². The van der Waals surface area contributed by atoms with Crippen molar-refractivity contribution in [2.24, 2.45) is 0 Å². The topological polar surface area (TPSA) is 70.2 Å². The third kappa shape index (κ3) is 3.75. The van der Waals surface area contributed by atoms with E-state index in [0.717, 1.165) is 11.0 Å². The monoisotopic (exact) mass is 319 g/mol. The van der Waals surface area contributed by atoms with Crippen LogP contribution in [0.4, 0.5) is 14.7 Å². The second-order valence-corrected chi connectivity index (χ2v) is 4.95. The highest BCUT2D eigenvalue weighted by Crippen LogP contribution is 2.20. The normalized spacial score (nSPS) is 12.5. The minimum absolute atomic E-state index is 0.0567. The smallest absolute Gasteiger partial charge is 0.387 e. The number of H-pyrrole nitrogens is 1. The molecule has 0 bridgehead atoms. The zero-order valence-corrected chi connectivity index (χ0v) is 12.0. The molecular formula is C16H15F2N3O2. The summed E-state index contributed by atoms with van der Waals surface area (Å²) in [5, 5.41) is 13.1. The second kappa shape index (κ2) is 6.62. The van der Waals surface area contributed by atoms with Gasteiger partial charge < -0.3 is 20.1 Å². The van der Waals surface area contributed by atoms with Crippen molar-refractivity contribution >= 4 is 17.0 Å². The highest BCUT2D eigenvalue weighted by molar-refractivity contribution is 5.77. The van der Waals surface area contributed by atoms with Gasteiger partial charge in [-0.1, -0.05) is 24.3 Å². The number of aliphatic hydroxyl groups excluding tert-OH is 1. The lowest BCUT2D eigenvalue weighted by molar-refractivity contribution is -0.0498. The number of rotatable bonds is 6. The Morgan fingerprint density at radius 2 is 1.87 bits per heavy atom. The van der Waals surface area contributed by atoms with E-state index in [0.29, 0.717) is 11.5 Å². The number of halogens is 2. The Hall–Kier alpha value is -2.67. The molecule has 0 saturated carbocycles. The fourth-order valence-corrected chi connectivity index (χ4v) is 2.22. The van der Waals surface area contributed by atoms with Gasteiger partial charge in [-0.2, -0.15) is 8.78 Å². The Morgan fingerprint density at radius 1 is 1.13 bits per heavy atom. The molecule has 0 aliphatic carbocycles. The summed E-state index contributed by atoms with van der Waals surface area (Å²) in [5.41, 5.74) is 2.33. The molecule has 120 valence electrons. The molecule has 0 fully saturated rings. The van der Waals surface area contributed by atoms with E-state index >= 15 is 0 Å². The van der Waals surface area contributed by atoms with E-state index in [-0.39, 0.29) is 12.3 Å². The molecule has 5 nitrogen and oxygen atoms in total. The van der Waals surface area contributed by atoms with Gasteiger partial charge in [-0.05, 0) is 29.8 Å². The number of aromatic nitrogens is 2. The summed E-state index contributed by atoms with van der Waals surface area (Å²) in [4.78, 5) is 7.44. The van der Waals surface area contributed by atoms with Gasteiger partial charge in [-0.15, -0.1) is 0 Å². The Bertz CT molecular complexity index is 741. The molecule has 3 rings (SSSR count). The first-order chi connectivity index (χ1) is 11.1. The van der Waals surface area contributed by atoms with E-state index in [1.165, 1.54) is 12.1 Å². The van der Waals surface area contributed by atoms with Crippen LogP contribution in [0.3, 0.4) is 0 Å². The number of hydrogen-bond acceptors (Lipinski definition) is 4. The summed E-state index contributed by atoms with van der Waals surface area (Å²) in [6.45, 7) is -2.63. The molecule has 1 unspecified atom stereocenters. The molecule has 0 saturated heterocycles. The number of nitrogens with zero attached hydrogens (tertiary/aromatic N) is 1. The number of imidazole rings is 1. The van der Waals surface area contributed by atoms with Crippen molar-refractivity contribution in [3.63, 3.8) is 0 Å². The van der Waals surface area contributed by atoms with Crippen LogP contribution in [0, 0.1) is 0 Å². The standard InChI is InChI=1S/C16H15F2N3O2/c17-15(18)23-11-7-5-10(6-8-11)14(22)9-19-16-20-12-3-1-2-4-13(12)21-16/h1-8,14-15,22H,9H2,(H2,19,20,21). The van der Waals surface area contributed by atoms with E-state index < -0.39 is 12.7 Å². The second-order valence-electron chi connectivity index (χ2n) is 4.95. The van der Waals surface area contributed by atoms with Gasteiger partial charge in [0, 0.05) is 6.54 Å². The maximum absolute atomic E-state index is 12.1. The van der Waals surface area contributed by atoms with Crippen molar-refractivity contribution in [3.8, 4) is 5.75 Å². The van der Waals surface area contributed by atoms with Crippen LogP contribution in [0.5, 0.6) is 5.75 Å². The number of fused-ring (bicyclic) bond motifs is 1. The lowest BCUT2D eigenvalue weighted by atomic mass is 10.1. The molecule has 1 heterocycles. The van der Waals surface area contributed by atoms with Crippen molar-refractivity contribution in [1.82, 2.24) is 9.97 Å². The van der Waals surface area contributed by atoms with Gasteiger partial charge in [-0.25, -0.2) is 4.98 Å². The van der Waals surface area contributed by atoms with Gasteiger partial charge >= 0.3 is 6.61 Å². The number of aliphatic hydroxyl groups is 1. The Morgan fingerprint density at radius 3 is 2.57 bits per heavy atom. The van der Waals surface area contributed by atoms with Crippen molar-refractivity contribution < 1.29 is 18.6 Å². The van der Waals surface area contributed by atoms with Gasteiger partial charge in [0.15, 0.2) is 0 Å². The molecule has 1 aromatic heterocycles. The van der Waals surface area contributed by atoms with Gasteiger partial charge in [0.25, 0.3) is 0 Å². The first-order valence-corrected chi connectivity index (χ1v) is 7.03. The Balaban J connectivity index is 1.61. The molecule has 7 heteroatoms. The summed E-state index contributed by atoms with van der Waals surface area (Å²) in [6, 6.07) is 13.5. The molecule has 1 atom stereocenters. The van der Waals surface area contributed by atoms with Crippen molar-refractivity contribution in [1.29, 1.82) is 0 Å². The summed E-state index contributed by atoms with van der Waals surface area (Å²) in [6.07, 6.45) is -0.802. The predicted molar refractivity (Wildman–Crippen MR) is 82.6 cm³/mol. The fraction of sp³-hybridized carbons (Fsp3) is 0.188. The third-order valence-corrected chi connectivity index (χ3v) is 3.34. The zero-order chi connectivity index (χ0) is 16.2. The van der Waals surface area contributed by atoms with Gasteiger partial charge in [-0.3, -0.25) is 0 Å². The lowest BCUT2D eigenvalue weighted by Gasteiger charge is -2.12. The van der Waals surface area contributed by atoms with Gasteiger partial charge in [0.2, 0.25) is 5.95 Å². The highest BCUT2D eigenvalue weighted by atomic mass is 19.3.